The molecule has 1 heterocycles. The number of amides is 1. The lowest BCUT2D eigenvalue weighted by molar-refractivity contribution is -0.173. The van der Waals surface area contributed by atoms with Crippen LogP contribution in [0.3, 0.4) is 0 Å². The van der Waals surface area contributed by atoms with E-state index >= 15 is 0 Å². The Labute approximate surface area is 162 Å². The molecular weight excluding hydrogens is 352 g/mol. The fourth-order valence-corrected chi connectivity index (χ4v) is 2.15. The van der Waals surface area contributed by atoms with Crippen LogP contribution in [0.5, 0.6) is 0 Å². The van der Waals surface area contributed by atoms with Gasteiger partial charge < -0.3 is 24.0 Å². The van der Waals surface area contributed by atoms with Crippen LogP contribution < -0.4 is 0 Å². The first-order valence-electron chi connectivity index (χ1n) is 9.20. The number of hydrogen-bond acceptors (Lipinski definition) is 7. The van der Waals surface area contributed by atoms with Gasteiger partial charge in [-0.2, -0.15) is 0 Å². The number of likely N-dealkylation sites (tertiary alicyclic amines) is 1. The standard InChI is InChI=1S/C19H34N2O6/c1-18(2,3)15(22)26-13-11-21(17(24)25-10-9-20(7)8)12-14(13)27-16(23)19(4,5)6/h13-14H,9-12H2,1-8H3/t13-,14+. The van der Waals surface area contributed by atoms with E-state index in [0.717, 1.165) is 0 Å². The maximum absolute atomic E-state index is 12.3. The minimum atomic E-state index is -0.718. The molecule has 8 nitrogen and oxygen atoms in total. The average Bonchev–Trinajstić information content (AvgIpc) is 2.87. The Hall–Kier alpha value is -1.83. The van der Waals surface area contributed by atoms with E-state index in [4.69, 9.17) is 14.2 Å². The summed E-state index contributed by atoms with van der Waals surface area (Å²) >= 11 is 0. The summed E-state index contributed by atoms with van der Waals surface area (Å²) in [6, 6.07) is 0. The monoisotopic (exact) mass is 386 g/mol. The molecule has 0 aromatic rings. The van der Waals surface area contributed by atoms with Gasteiger partial charge in [-0.15, -0.1) is 0 Å². The fraction of sp³-hybridized carbons (Fsp3) is 0.842. The molecule has 0 N–H and O–H groups in total. The van der Waals surface area contributed by atoms with Crippen LogP contribution >= 0.6 is 0 Å². The number of esters is 2. The number of ether oxygens (including phenoxy) is 3. The van der Waals surface area contributed by atoms with E-state index in [1.54, 1.807) is 41.5 Å². The molecule has 2 atom stereocenters. The van der Waals surface area contributed by atoms with E-state index in [2.05, 4.69) is 0 Å². The summed E-state index contributed by atoms with van der Waals surface area (Å²) in [6.07, 6.45) is -1.95. The lowest BCUT2D eigenvalue weighted by Gasteiger charge is -2.26. The number of rotatable bonds is 5. The Kier molecular flexibility index (Phi) is 7.66. The van der Waals surface area contributed by atoms with Crippen molar-refractivity contribution in [1.82, 2.24) is 9.80 Å². The molecule has 1 rings (SSSR count). The van der Waals surface area contributed by atoms with Gasteiger partial charge in [0.1, 0.15) is 6.61 Å². The van der Waals surface area contributed by atoms with Gasteiger partial charge in [0.15, 0.2) is 12.2 Å². The highest BCUT2D eigenvalue weighted by Gasteiger charge is 2.43. The first-order chi connectivity index (χ1) is 12.2. The summed E-state index contributed by atoms with van der Waals surface area (Å²) in [4.78, 5) is 40.1. The van der Waals surface area contributed by atoms with E-state index in [1.807, 2.05) is 19.0 Å². The van der Waals surface area contributed by atoms with Crippen molar-refractivity contribution in [1.29, 1.82) is 0 Å². The van der Waals surface area contributed by atoms with Crippen molar-refractivity contribution in [2.24, 2.45) is 10.8 Å². The smallest absolute Gasteiger partial charge is 0.410 e. The van der Waals surface area contributed by atoms with Crippen LogP contribution in [0, 0.1) is 10.8 Å². The topological polar surface area (TPSA) is 85.4 Å². The van der Waals surface area contributed by atoms with Gasteiger partial charge in [0, 0.05) is 6.54 Å². The Morgan fingerprint density at radius 1 is 0.889 bits per heavy atom. The van der Waals surface area contributed by atoms with Crippen molar-refractivity contribution in [3.63, 3.8) is 0 Å². The molecule has 1 saturated heterocycles. The van der Waals surface area contributed by atoms with Gasteiger partial charge in [-0.3, -0.25) is 9.59 Å². The minimum absolute atomic E-state index is 0.130. The third kappa shape index (κ3) is 7.36. The van der Waals surface area contributed by atoms with Crippen LogP contribution in [0.25, 0.3) is 0 Å². The molecule has 1 fully saturated rings. The zero-order valence-electron chi connectivity index (χ0n) is 17.8. The molecule has 8 heteroatoms. The molecule has 0 bridgehead atoms. The summed E-state index contributed by atoms with van der Waals surface area (Å²) in [5, 5.41) is 0. The fourth-order valence-electron chi connectivity index (χ4n) is 2.15. The Bertz CT molecular complexity index is 511. The molecule has 0 aromatic heterocycles. The van der Waals surface area contributed by atoms with Crippen molar-refractivity contribution in [3.05, 3.63) is 0 Å². The predicted molar refractivity (Wildman–Crippen MR) is 100 cm³/mol. The highest BCUT2D eigenvalue weighted by molar-refractivity contribution is 5.77. The number of carbonyl (C=O) groups excluding carboxylic acids is 3. The van der Waals surface area contributed by atoms with Crippen molar-refractivity contribution in [3.8, 4) is 0 Å². The minimum Gasteiger partial charge on any atom is -0.456 e. The van der Waals surface area contributed by atoms with E-state index in [-0.39, 0.29) is 19.7 Å². The zero-order chi connectivity index (χ0) is 21.0. The number of carbonyl (C=O) groups is 3. The van der Waals surface area contributed by atoms with E-state index in [1.165, 1.54) is 4.90 Å². The molecule has 27 heavy (non-hydrogen) atoms. The lowest BCUT2D eigenvalue weighted by Crippen LogP contribution is -2.39. The Morgan fingerprint density at radius 3 is 1.63 bits per heavy atom. The van der Waals surface area contributed by atoms with E-state index in [0.29, 0.717) is 6.54 Å². The second-order valence-corrected chi connectivity index (χ2v) is 9.21. The van der Waals surface area contributed by atoms with Crippen LogP contribution in [0.2, 0.25) is 0 Å². The van der Waals surface area contributed by atoms with Crippen LogP contribution in [-0.2, 0) is 23.8 Å². The predicted octanol–water partition coefficient (Wildman–Crippen LogP) is 1.92. The molecule has 1 aliphatic heterocycles. The maximum Gasteiger partial charge on any atom is 0.410 e. The second kappa shape index (κ2) is 8.91. The van der Waals surface area contributed by atoms with Crippen LogP contribution in [0.4, 0.5) is 4.79 Å². The summed E-state index contributed by atoms with van der Waals surface area (Å²) in [7, 11) is 3.77. The third-order valence-corrected chi connectivity index (χ3v) is 3.98. The SMILES string of the molecule is CN(C)CCOC(=O)N1C[C@H](OC(=O)C(C)(C)C)[C@H](OC(=O)C(C)(C)C)C1. The molecule has 0 aliphatic carbocycles. The highest BCUT2D eigenvalue weighted by Crippen LogP contribution is 2.25. The quantitative estimate of drug-likeness (QED) is 0.527. The molecule has 1 amide bonds. The van der Waals surface area contributed by atoms with Gasteiger partial charge in [0.2, 0.25) is 0 Å². The lowest BCUT2D eigenvalue weighted by atomic mass is 9.97. The molecule has 1 aliphatic rings. The summed E-state index contributed by atoms with van der Waals surface area (Å²) in [5.41, 5.74) is -1.39. The van der Waals surface area contributed by atoms with Gasteiger partial charge in [0.05, 0.1) is 23.9 Å². The van der Waals surface area contributed by atoms with Crippen LogP contribution in [0.1, 0.15) is 41.5 Å². The van der Waals surface area contributed by atoms with Gasteiger partial charge in [0.25, 0.3) is 0 Å². The maximum atomic E-state index is 12.3. The van der Waals surface area contributed by atoms with Gasteiger partial charge in [-0.25, -0.2) is 4.79 Å². The van der Waals surface area contributed by atoms with Crippen LogP contribution in [-0.4, -0.2) is 80.4 Å². The van der Waals surface area contributed by atoms with Gasteiger partial charge >= 0.3 is 18.0 Å². The van der Waals surface area contributed by atoms with E-state index in [9.17, 15) is 14.4 Å². The van der Waals surface area contributed by atoms with E-state index < -0.39 is 41.1 Å². The van der Waals surface area contributed by atoms with Gasteiger partial charge in [-0.05, 0) is 55.6 Å². The number of likely N-dealkylation sites (N-methyl/N-ethyl adjacent to an activating group) is 1. The van der Waals surface area contributed by atoms with Crippen molar-refractivity contribution < 1.29 is 28.6 Å². The van der Waals surface area contributed by atoms with Gasteiger partial charge in [-0.1, -0.05) is 0 Å². The molecule has 0 radical (unpaired) electrons. The zero-order valence-corrected chi connectivity index (χ0v) is 17.8. The molecule has 0 spiro atoms. The van der Waals surface area contributed by atoms with Crippen LogP contribution in [0.15, 0.2) is 0 Å². The summed E-state index contributed by atoms with van der Waals surface area (Å²) < 4.78 is 16.3. The normalized spacial score (nSPS) is 20.6. The first-order valence-corrected chi connectivity index (χ1v) is 9.20. The molecule has 0 saturated carbocycles. The largest absolute Gasteiger partial charge is 0.456 e. The Balaban J connectivity index is 2.81. The summed E-state index contributed by atoms with van der Waals surface area (Å²) in [5.74, 6) is -0.820. The molecule has 0 aromatic carbocycles. The van der Waals surface area contributed by atoms with Crippen molar-refractivity contribution in [2.75, 3.05) is 40.3 Å². The summed E-state index contributed by atoms with van der Waals surface area (Å²) in [6.45, 7) is 11.6. The van der Waals surface area contributed by atoms with Crippen molar-refractivity contribution >= 4 is 18.0 Å². The average molecular weight is 386 g/mol. The highest BCUT2D eigenvalue weighted by atomic mass is 16.6. The molecule has 156 valence electrons. The molecular formula is C19H34N2O6. The second-order valence-electron chi connectivity index (χ2n) is 9.21. The Morgan fingerprint density at radius 2 is 1.30 bits per heavy atom. The third-order valence-electron chi connectivity index (χ3n) is 3.98. The number of hydrogen-bond donors (Lipinski definition) is 0. The van der Waals surface area contributed by atoms with Crippen molar-refractivity contribution in [2.45, 2.75) is 53.8 Å². The first kappa shape index (κ1) is 23.2. The number of nitrogens with zero attached hydrogens (tertiary/aromatic N) is 2. The molecule has 0 unspecified atom stereocenters.